The Balaban J connectivity index is 2.21. The van der Waals surface area contributed by atoms with Gasteiger partial charge in [-0.2, -0.15) is 0 Å². The Morgan fingerprint density at radius 1 is 1.28 bits per heavy atom. The highest BCUT2D eigenvalue weighted by Gasteiger charge is 2.15. The van der Waals surface area contributed by atoms with E-state index < -0.39 is 11.7 Å². The van der Waals surface area contributed by atoms with Crippen molar-refractivity contribution in [2.45, 2.75) is 59.1 Å². The third-order valence-electron chi connectivity index (χ3n) is 3.14. The summed E-state index contributed by atoms with van der Waals surface area (Å²) in [4.78, 5) is 15.7. The van der Waals surface area contributed by atoms with Crippen LogP contribution in [0.2, 0.25) is 0 Å². The molecule has 1 rings (SSSR count). The number of nitrogens with zero attached hydrogens (tertiary/aromatic N) is 2. The Hall–Kier alpha value is -2.25. The van der Waals surface area contributed by atoms with Crippen LogP contribution in [0.25, 0.3) is 0 Å². The first-order chi connectivity index (χ1) is 11.7. The molecule has 8 heteroatoms. The summed E-state index contributed by atoms with van der Waals surface area (Å²) in [6, 6.07) is 1.94. The van der Waals surface area contributed by atoms with E-state index in [0.29, 0.717) is 31.5 Å². The number of carbonyl (C=O) groups excluding carboxylic acids is 1. The number of hydrogen-bond donors (Lipinski definition) is 3. The van der Waals surface area contributed by atoms with Gasteiger partial charge in [0.2, 0.25) is 0 Å². The molecule has 0 radical (unpaired) electrons. The second-order valence-corrected chi connectivity index (χ2v) is 7.01. The molecule has 0 atom stereocenters. The van der Waals surface area contributed by atoms with Crippen molar-refractivity contribution in [1.29, 1.82) is 0 Å². The standard InChI is InChI=1S/C17H31N5O3/c1-12(2)14-10-13(25-22-14)11-21-15(18-6)19-8-7-9-20-16(23)24-17(3,4)5/h10,12H,7-9,11H2,1-6H3,(H,20,23)(H2,18,19,21). The number of carbonyl (C=O) groups is 1. The number of aliphatic imine (C=N–C) groups is 1. The first kappa shape index (κ1) is 20.8. The molecule has 0 spiro atoms. The molecule has 3 N–H and O–H groups in total. The fourth-order valence-corrected chi connectivity index (χ4v) is 1.88. The third kappa shape index (κ3) is 8.97. The van der Waals surface area contributed by atoms with E-state index in [1.807, 2.05) is 26.8 Å². The summed E-state index contributed by atoms with van der Waals surface area (Å²) < 4.78 is 10.4. The Kier molecular flexibility index (Phi) is 8.24. The molecule has 1 aromatic rings. The zero-order valence-electron chi connectivity index (χ0n) is 16.1. The molecule has 142 valence electrons. The number of ether oxygens (including phenoxy) is 1. The molecule has 1 amide bonds. The molecule has 8 nitrogen and oxygen atoms in total. The van der Waals surface area contributed by atoms with Crippen molar-refractivity contribution >= 4 is 12.1 Å². The summed E-state index contributed by atoms with van der Waals surface area (Å²) in [6.45, 7) is 11.4. The fourth-order valence-electron chi connectivity index (χ4n) is 1.88. The van der Waals surface area contributed by atoms with Gasteiger partial charge < -0.3 is 25.2 Å². The average molecular weight is 353 g/mol. The van der Waals surface area contributed by atoms with Crippen LogP contribution < -0.4 is 16.0 Å². The van der Waals surface area contributed by atoms with Crippen molar-refractivity contribution in [1.82, 2.24) is 21.1 Å². The smallest absolute Gasteiger partial charge is 0.407 e. The first-order valence-electron chi connectivity index (χ1n) is 8.58. The predicted molar refractivity (Wildman–Crippen MR) is 97.6 cm³/mol. The van der Waals surface area contributed by atoms with Crippen LogP contribution in [0.3, 0.4) is 0 Å². The summed E-state index contributed by atoms with van der Waals surface area (Å²) in [5.41, 5.74) is 0.456. The van der Waals surface area contributed by atoms with Gasteiger partial charge in [0.15, 0.2) is 11.7 Å². The lowest BCUT2D eigenvalue weighted by Gasteiger charge is -2.19. The largest absolute Gasteiger partial charge is 0.444 e. The van der Waals surface area contributed by atoms with E-state index in [0.717, 1.165) is 17.9 Å². The first-order valence-corrected chi connectivity index (χ1v) is 8.58. The van der Waals surface area contributed by atoms with Crippen LogP contribution in [0.5, 0.6) is 0 Å². The molecule has 0 aliphatic carbocycles. The van der Waals surface area contributed by atoms with E-state index >= 15 is 0 Å². The van der Waals surface area contributed by atoms with E-state index in [4.69, 9.17) is 9.26 Å². The van der Waals surface area contributed by atoms with Gasteiger partial charge in [0.25, 0.3) is 0 Å². The molecule has 1 aromatic heterocycles. The average Bonchev–Trinajstić information content (AvgIpc) is 2.97. The summed E-state index contributed by atoms with van der Waals surface area (Å²) in [5.74, 6) is 1.77. The van der Waals surface area contributed by atoms with Crippen molar-refractivity contribution in [3.8, 4) is 0 Å². The van der Waals surface area contributed by atoms with Crippen molar-refractivity contribution in [2.75, 3.05) is 20.1 Å². The lowest BCUT2D eigenvalue weighted by molar-refractivity contribution is 0.0527. The Bertz CT molecular complexity index is 561. The maximum absolute atomic E-state index is 11.5. The molecule has 0 unspecified atom stereocenters. The maximum Gasteiger partial charge on any atom is 0.407 e. The topological polar surface area (TPSA) is 101 Å². The molecule has 0 aliphatic heterocycles. The highest BCUT2D eigenvalue weighted by molar-refractivity contribution is 5.79. The molecule has 0 aromatic carbocycles. The second kappa shape index (κ2) is 9.90. The summed E-state index contributed by atoms with van der Waals surface area (Å²) >= 11 is 0. The molecular weight excluding hydrogens is 322 g/mol. The molecule has 0 aliphatic rings. The van der Waals surface area contributed by atoms with Gasteiger partial charge in [-0.15, -0.1) is 0 Å². The van der Waals surface area contributed by atoms with Gasteiger partial charge in [0.1, 0.15) is 5.60 Å². The highest BCUT2D eigenvalue weighted by atomic mass is 16.6. The van der Waals surface area contributed by atoms with Crippen LogP contribution in [0.15, 0.2) is 15.6 Å². The van der Waals surface area contributed by atoms with Gasteiger partial charge in [0.05, 0.1) is 12.2 Å². The van der Waals surface area contributed by atoms with Crippen LogP contribution in [-0.4, -0.2) is 42.9 Å². The predicted octanol–water partition coefficient (Wildman–Crippen LogP) is 2.38. The van der Waals surface area contributed by atoms with Crippen molar-refractivity contribution < 1.29 is 14.1 Å². The minimum Gasteiger partial charge on any atom is -0.444 e. The monoisotopic (exact) mass is 353 g/mol. The van der Waals surface area contributed by atoms with Crippen molar-refractivity contribution in [3.05, 3.63) is 17.5 Å². The van der Waals surface area contributed by atoms with Crippen LogP contribution in [0, 0.1) is 0 Å². The lowest BCUT2D eigenvalue weighted by atomic mass is 10.1. The number of nitrogens with one attached hydrogen (secondary N) is 3. The maximum atomic E-state index is 11.5. The summed E-state index contributed by atoms with van der Waals surface area (Å²) in [6.07, 6.45) is 0.348. The molecule has 1 heterocycles. The number of rotatable bonds is 7. The zero-order valence-corrected chi connectivity index (χ0v) is 16.1. The van der Waals surface area contributed by atoms with Gasteiger partial charge in [-0.1, -0.05) is 19.0 Å². The summed E-state index contributed by atoms with van der Waals surface area (Å²) in [7, 11) is 1.70. The van der Waals surface area contributed by atoms with Crippen LogP contribution >= 0.6 is 0 Å². The lowest BCUT2D eigenvalue weighted by Crippen LogP contribution is -2.39. The number of alkyl carbamates (subject to hydrolysis) is 1. The molecule has 0 saturated heterocycles. The Morgan fingerprint density at radius 3 is 2.52 bits per heavy atom. The SMILES string of the molecule is CN=C(NCCCNC(=O)OC(C)(C)C)NCc1cc(C(C)C)no1. The molecule has 0 saturated carbocycles. The van der Waals surface area contributed by atoms with E-state index in [2.05, 4.69) is 39.9 Å². The highest BCUT2D eigenvalue weighted by Crippen LogP contribution is 2.13. The van der Waals surface area contributed by atoms with Gasteiger partial charge in [-0.25, -0.2) is 4.79 Å². The molecule has 0 fully saturated rings. The van der Waals surface area contributed by atoms with Gasteiger partial charge in [-0.05, 0) is 33.1 Å². The van der Waals surface area contributed by atoms with Gasteiger partial charge in [0, 0.05) is 26.2 Å². The molecular formula is C17H31N5O3. The van der Waals surface area contributed by atoms with Gasteiger partial charge in [-0.3, -0.25) is 4.99 Å². The van der Waals surface area contributed by atoms with Crippen LogP contribution in [-0.2, 0) is 11.3 Å². The summed E-state index contributed by atoms with van der Waals surface area (Å²) in [5, 5.41) is 13.1. The number of hydrogen-bond acceptors (Lipinski definition) is 5. The van der Waals surface area contributed by atoms with E-state index in [9.17, 15) is 4.79 Å². The third-order valence-corrected chi connectivity index (χ3v) is 3.14. The normalized spacial score (nSPS) is 12.2. The van der Waals surface area contributed by atoms with Crippen molar-refractivity contribution in [2.24, 2.45) is 4.99 Å². The number of aromatic nitrogens is 1. The van der Waals surface area contributed by atoms with Crippen LogP contribution in [0.4, 0.5) is 4.79 Å². The van der Waals surface area contributed by atoms with E-state index in [-0.39, 0.29) is 0 Å². The van der Waals surface area contributed by atoms with Crippen molar-refractivity contribution in [3.63, 3.8) is 0 Å². The minimum atomic E-state index is -0.482. The zero-order chi connectivity index (χ0) is 18.9. The Morgan fingerprint density at radius 2 is 1.96 bits per heavy atom. The van der Waals surface area contributed by atoms with E-state index in [1.54, 1.807) is 7.05 Å². The fraction of sp³-hybridized carbons (Fsp3) is 0.706. The molecule has 0 bridgehead atoms. The Labute approximate surface area is 149 Å². The molecule has 25 heavy (non-hydrogen) atoms. The second-order valence-electron chi connectivity index (χ2n) is 7.01. The van der Waals surface area contributed by atoms with Gasteiger partial charge >= 0.3 is 6.09 Å². The number of amides is 1. The number of guanidine groups is 1. The van der Waals surface area contributed by atoms with Crippen LogP contribution in [0.1, 0.15) is 58.4 Å². The quantitative estimate of drug-likeness (QED) is 0.395. The minimum absolute atomic E-state index is 0.340. The van der Waals surface area contributed by atoms with E-state index in [1.165, 1.54) is 0 Å².